The van der Waals surface area contributed by atoms with Crippen molar-refractivity contribution in [3.05, 3.63) is 95.8 Å². The predicted octanol–water partition coefficient (Wildman–Crippen LogP) is 5.30. The molecule has 0 saturated carbocycles. The van der Waals surface area contributed by atoms with Gasteiger partial charge in [0.15, 0.2) is 0 Å². The molecule has 4 rings (SSSR count). The summed E-state index contributed by atoms with van der Waals surface area (Å²) in [7, 11) is 0. The van der Waals surface area contributed by atoms with Gasteiger partial charge in [0.1, 0.15) is 11.9 Å². The lowest BCUT2D eigenvalue weighted by Crippen LogP contribution is -2.45. The van der Waals surface area contributed by atoms with E-state index in [1.54, 1.807) is 12.2 Å². The van der Waals surface area contributed by atoms with Gasteiger partial charge in [-0.15, -0.1) is 0 Å². The van der Waals surface area contributed by atoms with Gasteiger partial charge in [0.2, 0.25) is 0 Å². The second-order valence-corrected chi connectivity index (χ2v) is 8.68. The average Bonchev–Trinajstić information content (AvgIpc) is 2.81. The molecule has 3 nitrogen and oxygen atoms in total. The van der Waals surface area contributed by atoms with Crippen LogP contribution in [0.5, 0.6) is 0 Å². The van der Waals surface area contributed by atoms with E-state index in [-0.39, 0.29) is 24.0 Å². The monoisotopic (exact) mass is 421 g/mol. The Kier molecular flexibility index (Phi) is 7.68. The maximum atomic E-state index is 13.1. The number of allylic oxidation sites excluding steroid dienone is 3. The highest BCUT2D eigenvalue weighted by molar-refractivity contribution is 5.29. The molecule has 2 aromatic carbocycles. The van der Waals surface area contributed by atoms with Crippen LogP contribution in [0.15, 0.2) is 84.7 Å². The molecule has 31 heavy (non-hydrogen) atoms. The third-order valence-corrected chi connectivity index (χ3v) is 6.42. The Balaban J connectivity index is 1.27. The van der Waals surface area contributed by atoms with E-state index in [1.807, 2.05) is 42.5 Å². The van der Waals surface area contributed by atoms with Crippen molar-refractivity contribution < 1.29 is 14.2 Å². The molecule has 1 unspecified atom stereocenters. The molecule has 1 heterocycles. The van der Waals surface area contributed by atoms with E-state index in [0.717, 1.165) is 43.5 Å². The zero-order chi connectivity index (χ0) is 21.5. The highest BCUT2D eigenvalue weighted by atomic mass is 19.1. The molecule has 1 aliphatic heterocycles. The van der Waals surface area contributed by atoms with Crippen molar-refractivity contribution >= 4 is 0 Å². The molecule has 164 valence electrons. The summed E-state index contributed by atoms with van der Waals surface area (Å²) in [6, 6.07) is 20.6. The van der Waals surface area contributed by atoms with E-state index < -0.39 is 0 Å². The fourth-order valence-corrected chi connectivity index (χ4v) is 4.63. The lowest BCUT2D eigenvalue weighted by atomic mass is 9.90. The Morgan fingerprint density at radius 1 is 1.03 bits per heavy atom. The number of β-amino-alcohol motifs (C(OH)–C–C–N with tert-alkyl or cyclic N) is 1. The molecule has 0 radical (unpaired) electrons. The molecule has 0 spiro atoms. The van der Waals surface area contributed by atoms with E-state index in [9.17, 15) is 9.50 Å². The third kappa shape index (κ3) is 6.13. The second-order valence-electron chi connectivity index (χ2n) is 8.68. The topological polar surface area (TPSA) is 32.7 Å². The summed E-state index contributed by atoms with van der Waals surface area (Å²) in [5.41, 5.74) is 2.30. The first-order chi connectivity index (χ1) is 15.2. The number of ether oxygens (including phenoxy) is 1. The van der Waals surface area contributed by atoms with Crippen molar-refractivity contribution in [1.82, 2.24) is 4.90 Å². The number of piperidine rings is 1. The third-order valence-electron chi connectivity index (χ3n) is 6.42. The molecule has 4 heteroatoms. The van der Waals surface area contributed by atoms with Crippen LogP contribution < -0.4 is 0 Å². The first-order valence-electron chi connectivity index (χ1n) is 11.3. The minimum Gasteiger partial charge on any atom is -0.392 e. The van der Waals surface area contributed by atoms with E-state index in [0.29, 0.717) is 19.1 Å². The minimum atomic E-state index is -0.343. The van der Waals surface area contributed by atoms with Gasteiger partial charge in [-0.3, -0.25) is 0 Å². The number of halogens is 1. The second kappa shape index (κ2) is 10.9. The van der Waals surface area contributed by atoms with Gasteiger partial charge in [0, 0.05) is 19.7 Å². The largest absolute Gasteiger partial charge is 0.392 e. The fourth-order valence-electron chi connectivity index (χ4n) is 4.63. The molecule has 2 aromatic rings. The predicted molar refractivity (Wildman–Crippen MR) is 122 cm³/mol. The van der Waals surface area contributed by atoms with E-state index in [2.05, 4.69) is 29.2 Å². The summed E-state index contributed by atoms with van der Waals surface area (Å²) in [6.07, 6.45) is 7.29. The fraction of sp³-hybridized carbons (Fsp3) is 0.407. The molecule has 0 amide bonds. The molecule has 1 N–H and O–H groups in total. The zero-order valence-electron chi connectivity index (χ0n) is 17.9. The number of aliphatic hydroxyl groups excluding tert-OH is 1. The van der Waals surface area contributed by atoms with Crippen molar-refractivity contribution in [2.24, 2.45) is 11.8 Å². The molecule has 0 aromatic heterocycles. The van der Waals surface area contributed by atoms with Crippen molar-refractivity contribution in [3.63, 3.8) is 0 Å². The van der Waals surface area contributed by atoms with Crippen molar-refractivity contribution in [2.75, 3.05) is 26.2 Å². The SMILES string of the molecule is O[C@H]1CN(CC2C=CC(F)=CC2)CC[C@@H]1CCOC(c1ccccc1)c1ccccc1. The summed E-state index contributed by atoms with van der Waals surface area (Å²) in [4.78, 5) is 2.31. The standard InChI is InChI=1S/C27H32FNO2/c28-25-13-11-21(12-14-25)19-29-17-15-22(26(30)20-29)16-18-31-27(23-7-3-1-4-8-23)24-9-5-2-6-10-24/h1-11,13-14,21-22,26-27,30H,12,15-20H2/t21?,22-,26+/m1/s1. The van der Waals surface area contributed by atoms with Gasteiger partial charge in [0.05, 0.1) is 6.10 Å². The van der Waals surface area contributed by atoms with Gasteiger partial charge in [-0.05, 0) is 60.9 Å². The van der Waals surface area contributed by atoms with E-state index in [1.165, 1.54) is 0 Å². The smallest absolute Gasteiger partial charge is 0.118 e. The first-order valence-corrected chi connectivity index (χ1v) is 11.3. The number of rotatable bonds is 8. The van der Waals surface area contributed by atoms with Crippen LogP contribution in [-0.4, -0.2) is 42.4 Å². The highest BCUT2D eigenvalue weighted by Crippen LogP contribution is 2.28. The number of benzene rings is 2. The maximum Gasteiger partial charge on any atom is 0.118 e. The van der Waals surface area contributed by atoms with Crippen LogP contribution in [0.1, 0.15) is 36.5 Å². The molecule has 3 atom stereocenters. The normalized spacial score (nSPS) is 24.4. The number of aliphatic hydroxyl groups is 1. The van der Waals surface area contributed by atoms with Crippen molar-refractivity contribution in [2.45, 2.75) is 31.5 Å². The summed E-state index contributed by atoms with van der Waals surface area (Å²) in [5.74, 6) is 0.450. The molecule has 1 saturated heterocycles. The number of hydrogen-bond donors (Lipinski definition) is 1. The molecule has 2 aliphatic rings. The molecule has 1 fully saturated rings. The quantitative estimate of drug-likeness (QED) is 0.628. The van der Waals surface area contributed by atoms with Gasteiger partial charge in [-0.2, -0.15) is 0 Å². The van der Waals surface area contributed by atoms with Gasteiger partial charge >= 0.3 is 0 Å². The summed E-state index contributed by atoms with van der Waals surface area (Å²) in [6.45, 7) is 3.15. The minimum absolute atomic E-state index is 0.0915. The van der Waals surface area contributed by atoms with Crippen LogP contribution in [0.4, 0.5) is 4.39 Å². The van der Waals surface area contributed by atoms with Gasteiger partial charge in [-0.25, -0.2) is 4.39 Å². The van der Waals surface area contributed by atoms with Gasteiger partial charge < -0.3 is 14.7 Å². The summed E-state index contributed by atoms with van der Waals surface area (Å²) < 4.78 is 19.5. The van der Waals surface area contributed by atoms with E-state index >= 15 is 0 Å². The summed E-state index contributed by atoms with van der Waals surface area (Å²) in [5, 5.41) is 10.7. The van der Waals surface area contributed by atoms with E-state index in [4.69, 9.17) is 4.74 Å². The first kappa shape index (κ1) is 21.9. The van der Waals surface area contributed by atoms with Gasteiger partial charge in [-0.1, -0.05) is 66.7 Å². The Morgan fingerprint density at radius 3 is 2.29 bits per heavy atom. The number of likely N-dealkylation sites (tertiary alicyclic amines) is 1. The molecular weight excluding hydrogens is 389 g/mol. The number of nitrogens with zero attached hydrogens (tertiary/aromatic N) is 1. The Morgan fingerprint density at radius 2 is 1.71 bits per heavy atom. The highest BCUT2D eigenvalue weighted by Gasteiger charge is 2.29. The van der Waals surface area contributed by atoms with Crippen molar-refractivity contribution in [3.8, 4) is 0 Å². The molecule has 1 aliphatic carbocycles. The van der Waals surface area contributed by atoms with Crippen LogP contribution in [0.2, 0.25) is 0 Å². The van der Waals surface area contributed by atoms with Crippen molar-refractivity contribution in [1.29, 1.82) is 0 Å². The lowest BCUT2D eigenvalue weighted by molar-refractivity contribution is -0.00588. The van der Waals surface area contributed by atoms with Gasteiger partial charge in [0.25, 0.3) is 0 Å². The maximum absolute atomic E-state index is 13.1. The Hall–Kier alpha value is -2.27. The Bertz CT molecular complexity index is 828. The average molecular weight is 422 g/mol. The molecular formula is C27H32FNO2. The Labute approximate surface area is 184 Å². The van der Waals surface area contributed by atoms with Crippen LogP contribution in [0.3, 0.4) is 0 Å². The van der Waals surface area contributed by atoms with Crippen LogP contribution in [0, 0.1) is 11.8 Å². The lowest BCUT2D eigenvalue weighted by Gasteiger charge is -2.37. The van der Waals surface area contributed by atoms with Crippen LogP contribution >= 0.6 is 0 Å². The summed E-state index contributed by atoms with van der Waals surface area (Å²) >= 11 is 0. The number of hydrogen-bond acceptors (Lipinski definition) is 3. The van der Waals surface area contributed by atoms with Crippen LogP contribution in [-0.2, 0) is 4.74 Å². The molecule has 0 bridgehead atoms. The zero-order valence-corrected chi connectivity index (χ0v) is 17.9. The van der Waals surface area contributed by atoms with Crippen LogP contribution in [0.25, 0.3) is 0 Å².